The van der Waals surface area contributed by atoms with Crippen molar-refractivity contribution in [2.75, 3.05) is 38.7 Å². The van der Waals surface area contributed by atoms with Gasteiger partial charge in [-0.2, -0.15) is 0 Å². The van der Waals surface area contributed by atoms with Crippen LogP contribution in [0.3, 0.4) is 0 Å². The number of hydrogen-bond donors (Lipinski definition) is 3. The van der Waals surface area contributed by atoms with Gasteiger partial charge in [0.25, 0.3) is 5.91 Å². The van der Waals surface area contributed by atoms with Crippen LogP contribution in [0, 0.1) is 0 Å². The first kappa shape index (κ1) is 23.7. The molecular formula is C22H28N4O5S. The molecule has 0 unspecified atom stereocenters. The van der Waals surface area contributed by atoms with Crippen molar-refractivity contribution in [2.24, 2.45) is 0 Å². The Morgan fingerprint density at radius 2 is 1.81 bits per heavy atom. The van der Waals surface area contributed by atoms with E-state index in [0.717, 1.165) is 31.5 Å². The standard InChI is InChI=1S/C22H28N4O5S/c1-31-13-10-24-32(29,30)20-9-5-7-18(15-20)21(27)23-16-17-6-4-8-19(14-17)25-22(28)26-11-2-3-12-26/h4-9,14-15,24H,2-3,10-13,16H2,1H3,(H,23,27)(H,25,28). The summed E-state index contributed by atoms with van der Waals surface area (Å²) >= 11 is 0. The van der Waals surface area contributed by atoms with Gasteiger partial charge in [-0.1, -0.05) is 18.2 Å². The van der Waals surface area contributed by atoms with Gasteiger partial charge < -0.3 is 20.3 Å². The maximum atomic E-state index is 12.6. The normalized spacial score (nSPS) is 13.7. The number of ether oxygens (including phenoxy) is 1. The number of carbonyl (C=O) groups excluding carboxylic acids is 2. The third-order valence-corrected chi connectivity index (χ3v) is 6.49. The van der Waals surface area contributed by atoms with E-state index in [0.29, 0.717) is 5.69 Å². The van der Waals surface area contributed by atoms with Crippen molar-refractivity contribution in [2.45, 2.75) is 24.3 Å². The molecule has 1 heterocycles. The Morgan fingerprint density at radius 3 is 2.56 bits per heavy atom. The van der Waals surface area contributed by atoms with Crippen molar-refractivity contribution in [1.82, 2.24) is 14.9 Å². The van der Waals surface area contributed by atoms with E-state index in [1.807, 2.05) is 6.07 Å². The van der Waals surface area contributed by atoms with Crippen molar-refractivity contribution in [3.05, 3.63) is 59.7 Å². The first-order valence-electron chi connectivity index (χ1n) is 10.4. The molecule has 3 N–H and O–H groups in total. The van der Waals surface area contributed by atoms with Gasteiger partial charge in [0, 0.05) is 44.5 Å². The third-order valence-electron chi connectivity index (χ3n) is 5.03. The molecule has 2 aromatic rings. The number of urea groups is 1. The molecule has 3 rings (SSSR count). The highest BCUT2D eigenvalue weighted by atomic mass is 32.2. The van der Waals surface area contributed by atoms with E-state index in [2.05, 4.69) is 15.4 Å². The SMILES string of the molecule is COCCNS(=O)(=O)c1cccc(C(=O)NCc2cccc(NC(=O)N3CCCC3)c2)c1. The van der Waals surface area contributed by atoms with E-state index in [4.69, 9.17) is 4.74 Å². The van der Waals surface area contributed by atoms with Crippen LogP contribution in [0.4, 0.5) is 10.5 Å². The van der Waals surface area contributed by atoms with Crippen LogP contribution in [-0.2, 0) is 21.3 Å². The van der Waals surface area contributed by atoms with Crippen LogP contribution in [0.2, 0.25) is 0 Å². The highest BCUT2D eigenvalue weighted by Gasteiger charge is 2.18. The summed E-state index contributed by atoms with van der Waals surface area (Å²) in [4.78, 5) is 26.6. The Kier molecular flexibility index (Phi) is 8.20. The fraction of sp³-hybridized carbons (Fsp3) is 0.364. The van der Waals surface area contributed by atoms with Gasteiger partial charge in [0.15, 0.2) is 0 Å². The number of benzene rings is 2. The maximum Gasteiger partial charge on any atom is 0.321 e. The van der Waals surface area contributed by atoms with Gasteiger partial charge in [-0.05, 0) is 48.7 Å². The number of rotatable bonds is 9. The van der Waals surface area contributed by atoms with Crippen molar-refractivity contribution < 1.29 is 22.7 Å². The third kappa shape index (κ3) is 6.52. The lowest BCUT2D eigenvalue weighted by molar-refractivity contribution is 0.0950. The van der Waals surface area contributed by atoms with Gasteiger partial charge in [-0.3, -0.25) is 4.79 Å². The zero-order valence-electron chi connectivity index (χ0n) is 18.0. The average Bonchev–Trinajstić information content (AvgIpc) is 3.33. The molecule has 9 nitrogen and oxygen atoms in total. The Morgan fingerprint density at radius 1 is 1.06 bits per heavy atom. The molecule has 3 amide bonds. The topological polar surface area (TPSA) is 117 Å². The second kappa shape index (κ2) is 11.1. The number of anilines is 1. The van der Waals surface area contributed by atoms with Gasteiger partial charge in [-0.25, -0.2) is 17.9 Å². The minimum absolute atomic E-state index is 0.00729. The Hall–Kier alpha value is -2.95. The lowest BCUT2D eigenvalue weighted by Crippen LogP contribution is -2.32. The molecule has 1 aliphatic heterocycles. The molecule has 1 saturated heterocycles. The predicted octanol–water partition coefficient (Wildman–Crippen LogP) is 2.17. The maximum absolute atomic E-state index is 12.6. The number of amides is 3. The summed E-state index contributed by atoms with van der Waals surface area (Å²) in [6.45, 7) is 2.14. The van der Waals surface area contributed by atoms with Crippen LogP contribution in [0.1, 0.15) is 28.8 Å². The molecule has 172 valence electrons. The Labute approximate surface area is 188 Å². The predicted molar refractivity (Wildman–Crippen MR) is 121 cm³/mol. The van der Waals surface area contributed by atoms with Gasteiger partial charge in [-0.15, -0.1) is 0 Å². The highest BCUT2D eigenvalue weighted by Crippen LogP contribution is 2.15. The van der Waals surface area contributed by atoms with E-state index < -0.39 is 15.9 Å². The van der Waals surface area contributed by atoms with Gasteiger partial charge >= 0.3 is 6.03 Å². The molecule has 0 aliphatic carbocycles. The van der Waals surface area contributed by atoms with Crippen LogP contribution >= 0.6 is 0 Å². The van der Waals surface area contributed by atoms with Crippen LogP contribution in [-0.4, -0.2) is 58.6 Å². The monoisotopic (exact) mass is 460 g/mol. The number of methoxy groups -OCH3 is 1. The van der Waals surface area contributed by atoms with Gasteiger partial charge in [0.1, 0.15) is 0 Å². The number of hydrogen-bond acceptors (Lipinski definition) is 5. The van der Waals surface area contributed by atoms with E-state index >= 15 is 0 Å². The molecular weight excluding hydrogens is 432 g/mol. The molecule has 0 aromatic heterocycles. The van der Waals surface area contributed by atoms with E-state index in [1.165, 1.54) is 25.3 Å². The van der Waals surface area contributed by atoms with Crippen LogP contribution in [0.15, 0.2) is 53.4 Å². The highest BCUT2D eigenvalue weighted by molar-refractivity contribution is 7.89. The molecule has 10 heteroatoms. The Bertz CT molecular complexity index is 1050. The molecule has 0 bridgehead atoms. The zero-order chi connectivity index (χ0) is 23.0. The lowest BCUT2D eigenvalue weighted by atomic mass is 10.1. The minimum Gasteiger partial charge on any atom is -0.383 e. The van der Waals surface area contributed by atoms with Crippen molar-refractivity contribution in [3.63, 3.8) is 0 Å². The largest absolute Gasteiger partial charge is 0.383 e. The van der Waals surface area contributed by atoms with E-state index in [9.17, 15) is 18.0 Å². The number of carbonyl (C=O) groups is 2. The first-order chi connectivity index (χ1) is 15.4. The van der Waals surface area contributed by atoms with Crippen molar-refractivity contribution >= 4 is 27.6 Å². The minimum atomic E-state index is -3.73. The molecule has 0 spiro atoms. The summed E-state index contributed by atoms with van der Waals surface area (Å²) < 4.78 is 32.0. The number of nitrogens with one attached hydrogen (secondary N) is 3. The summed E-state index contributed by atoms with van der Waals surface area (Å²) in [7, 11) is -2.25. The number of likely N-dealkylation sites (tertiary alicyclic amines) is 1. The van der Waals surface area contributed by atoms with Crippen molar-refractivity contribution in [1.29, 1.82) is 0 Å². The van der Waals surface area contributed by atoms with Gasteiger partial charge in [0.05, 0.1) is 11.5 Å². The van der Waals surface area contributed by atoms with E-state index in [1.54, 1.807) is 29.2 Å². The average molecular weight is 461 g/mol. The molecule has 1 aliphatic rings. The second-order valence-corrected chi connectivity index (χ2v) is 9.19. The van der Waals surface area contributed by atoms with E-state index in [-0.39, 0.29) is 36.2 Å². The number of sulfonamides is 1. The summed E-state index contributed by atoms with van der Waals surface area (Å²) in [5.41, 5.74) is 1.70. The summed E-state index contributed by atoms with van der Waals surface area (Å²) in [6.07, 6.45) is 2.04. The second-order valence-electron chi connectivity index (χ2n) is 7.43. The fourth-order valence-corrected chi connectivity index (χ4v) is 4.39. The van der Waals surface area contributed by atoms with Gasteiger partial charge in [0.2, 0.25) is 10.0 Å². The first-order valence-corrected chi connectivity index (χ1v) is 11.9. The molecule has 0 saturated carbocycles. The lowest BCUT2D eigenvalue weighted by Gasteiger charge is -2.16. The molecule has 0 atom stereocenters. The summed E-state index contributed by atoms with van der Waals surface area (Å²) in [6, 6.07) is 13.0. The molecule has 0 radical (unpaired) electrons. The summed E-state index contributed by atoms with van der Waals surface area (Å²) in [5, 5.41) is 5.66. The Balaban J connectivity index is 1.59. The molecule has 2 aromatic carbocycles. The van der Waals surface area contributed by atoms with Crippen molar-refractivity contribution in [3.8, 4) is 0 Å². The van der Waals surface area contributed by atoms with Crippen LogP contribution in [0.25, 0.3) is 0 Å². The summed E-state index contributed by atoms with van der Waals surface area (Å²) in [5.74, 6) is -0.398. The number of nitrogens with zero attached hydrogens (tertiary/aromatic N) is 1. The van der Waals surface area contributed by atoms with Crippen LogP contribution < -0.4 is 15.4 Å². The molecule has 1 fully saturated rings. The quantitative estimate of drug-likeness (QED) is 0.496. The fourth-order valence-electron chi connectivity index (χ4n) is 3.33. The van der Waals surface area contributed by atoms with Crippen LogP contribution in [0.5, 0.6) is 0 Å². The smallest absolute Gasteiger partial charge is 0.321 e. The molecule has 32 heavy (non-hydrogen) atoms. The zero-order valence-corrected chi connectivity index (χ0v) is 18.8.